The van der Waals surface area contributed by atoms with Gasteiger partial charge in [0.2, 0.25) is 0 Å². The van der Waals surface area contributed by atoms with Gasteiger partial charge in [-0.3, -0.25) is 4.79 Å². The lowest BCUT2D eigenvalue weighted by atomic mass is 9.89. The molecule has 1 fully saturated rings. The van der Waals surface area contributed by atoms with Crippen LogP contribution >= 0.6 is 23.2 Å². The Morgan fingerprint density at radius 2 is 1.83 bits per heavy atom. The number of likely N-dealkylation sites (tertiary alicyclic amines) is 1. The van der Waals surface area contributed by atoms with E-state index in [0.717, 1.165) is 5.56 Å². The molecule has 1 heterocycles. The minimum absolute atomic E-state index is 0.189. The summed E-state index contributed by atoms with van der Waals surface area (Å²) in [7, 11) is 0. The Hall–Kier alpha value is -1.46. The fraction of sp³-hybridized carbons (Fsp3) is 0.529. The largest absolute Gasteiger partial charge is 0.449 e. The average molecular weight is 374 g/mol. The molecule has 1 aliphatic heterocycles. The highest BCUT2D eigenvalue weighted by atomic mass is 35.5. The summed E-state index contributed by atoms with van der Waals surface area (Å²) in [6, 6.07) is 7.02. The third kappa shape index (κ3) is 4.77. The Labute approximate surface area is 151 Å². The molecule has 0 unspecified atom stereocenters. The summed E-state index contributed by atoms with van der Waals surface area (Å²) in [5, 5.41) is 0.612. The summed E-state index contributed by atoms with van der Waals surface area (Å²) in [4.78, 5) is 26.1. The highest BCUT2D eigenvalue weighted by Crippen LogP contribution is 2.35. The van der Waals surface area contributed by atoms with Crippen molar-refractivity contribution < 1.29 is 19.1 Å². The zero-order valence-electron chi connectivity index (χ0n) is 13.9. The third-order valence-electron chi connectivity index (χ3n) is 3.77. The van der Waals surface area contributed by atoms with Gasteiger partial charge in [0, 0.05) is 24.0 Å². The minimum atomic E-state index is -0.596. The summed E-state index contributed by atoms with van der Waals surface area (Å²) in [5.74, 6) is -1.10. The molecule has 2 atom stereocenters. The van der Waals surface area contributed by atoms with Crippen LogP contribution < -0.4 is 0 Å². The van der Waals surface area contributed by atoms with Gasteiger partial charge in [-0.15, -0.1) is 0 Å². The molecule has 24 heavy (non-hydrogen) atoms. The summed E-state index contributed by atoms with van der Waals surface area (Å²) in [6.07, 6.45) is -0.442. The van der Waals surface area contributed by atoms with E-state index in [1.54, 1.807) is 32.9 Å². The number of alkyl halides is 1. The molecule has 0 spiro atoms. The van der Waals surface area contributed by atoms with Crippen LogP contribution in [-0.2, 0) is 14.3 Å². The summed E-state index contributed by atoms with van der Waals surface area (Å²) >= 11 is 11.4. The molecular formula is C17H21Cl2NO4. The molecule has 1 aliphatic rings. The number of carbonyl (C=O) groups is 2. The van der Waals surface area contributed by atoms with E-state index in [2.05, 4.69) is 0 Å². The van der Waals surface area contributed by atoms with Gasteiger partial charge >= 0.3 is 12.1 Å². The maximum Gasteiger partial charge on any atom is 0.410 e. The number of halogens is 2. The van der Waals surface area contributed by atoms with Crippen LogP contribution in [0.5, 0.6) is 0 Å². The van der Waals surface area contributed by atoms with Crippen LogP contribution in [0.25, 0.3) is 0 Å². The number of esters is 1. The minimum Gasteiger partial charge on any atom is -0.449 e. The number of nitrogens with zero attached hydrogens (tertiary/aromatic N) is 1. The first-order chi connectivity index (χ1) is 11.2. The smallest absolute Gasteiger partial charge is 0.410 e. The van der Waals surface area contributed by atoms with Crippen molar-refractivity contribution in [3.8, 4) is 0 Å². The summed E-state index contributed by atoms with van der Waals surface area (Å²) in [5.41, 5.74) is 0.323. The first kappa shape index (κ1) is 18.9. The molecule has 0 bridgehead atoms. The molecule has 5 nitrogen and oxygen atoms in total. The molecule has 1 saturated heterocycles. The van der Waals surface area contributed by atoms with Crippen LogP contribution in [0.4, 0.5) is 4.79 Å². The molecule has 1 amide bonds. The van der Waals surface area contributed by atoms with Crippen molar-refractivity contribution >= 4 is 35.3 Å². The van der Waals surface area contributed by atoms with E-state index in [-0.39, 0.29) is 18.5 Å². The van der Waals surface area contributed by atoms with Crippen LogP contribution in [0.1, 0.15) is 32.3 Å². The Morgan fingerprint density at radius 1 is 1.21 bits per heavy atom. The Kier molecular flexibility index (Phi) is 5.99. The van der Waals surface area contributed by atoms with E-state index in [4.69, 9.17) is 32.7 Å². The fourth-order valence-electron chi connectivity index (χ4n) is 2.73. The van der Waals surface area contributed by atoms with Crippen molar-refractivity contribution in [2.45, 2.75) is 32.3 Å². The SMILES string of the molecule is CC(C)(C)OC(=O)N1C[C@@H](C(=O)OCCl)[C@H](c2ccc(Cl)cc2)C1. The van der Waals surface area contributed by atoms with E-state index >= 15 is 0 Å². The zero-order chi connectivity index (χ0) is 17.9. The van der Waals surface area contributed by atoms with Crippen molar-refractivity contribution in [3.05, 3.63) is 34.9 Å². The van der Waals surface area contributed by atoms with Crippen LogP contribution in [0.15, 0.2) is 24.3 Å². The topological polar surface area (TPSA) is 55.8 Å². The maximum absolute atomic E-state index is 12.3. The van der Waals surface area contributed by atoms with Gasteiger partial charge in [-0.05, 0) is 38.5 Å². The van der Waals surface area contributed by atoms with Crippen LogP contribution in [0, 0.1) is 5.92 Å². The predicted octanol–water partition coefficient (Wildman–Crippen LogP) is 4.03. The lowest BCUT2D eigenvalue weighted by Crippen LogP contribution is -2.36. The third-order valence-corrected chi connectivity index (χ3v) is 4.13. The lowest BCUT2D eigenvalue weighted by Gasteiger charge is -2.24. The van der Waals surface area contributed by atoms with Gasteiger partial charge in [0.15, 0.2) is 6.07 Å². The molecule has 0 aromatic heterocycles. The van der Waals surface area contributed by atoms with E-state index in [1.165, 1.54) is 4.90 Å². The second-order valence-electron chi connectivity index (χ2n) is 6.72. The van der Waals surface area contributed by atoms with Crippen molar-refractivity contribution in [3.63, 3.8) is 0 Å². The molecule has 0 N–H and O–H groups in total. The summed E-state index contributed by atoms with van der Waals surface area (Å²) in [6.45, 7) is 6.02. The lowest BCUT2D eigenvalue weighted by molar-refractivity contribution is -0.146. The second kappa shape index (κ2) is 7.62. The highest BCUT2D eigenvalue weighted by molar-refractivity contribution is 6.30. The molecule has 132 valence electrons. The van der Waals surface area contributed by atoms with Gasteiger partial charge in [-0.25, -0.2) is 4.79 Å². The molecular weight excluding hydrogens is 353 g/mol. The quantitative estimate of drug-likeness (QED) is 0.592. The number of amides is 1. The molecule has 0 aliphatic carbocycles. The monoisotopic (exact) mass is 373 g/mol. The van der Waals surface area contributed by atoms with Gasteiger partial charge in [0.05, 0.1) is 5.92 Å². The predicted molar refractivity (Wildman–Crippen MR) is 92.3 cm³/mol. The average Bonchev–Trinajstić information content (AvgIpc) is 2.92. The fourth-order valence-corrected chi connectivity index (χ4v) is 2.96. The van der Waals surface area contributed by atoms with Crippen LogP contribution in [0.2, 0.25) is 5.02 Å². The van der Waals surface area contributed by atoms with E-state index in [0.29, 0.717) is 11.6 Å². The number of rotatable bonds is 3. The van der Waals surface area contributed by atoms with Crippen molar-refractivity contribution in [1.82, 2.24) is 4.90 Å². The summed E-state index contributed by atoms with van der Waals surface area (Å²) < 4.78 is 10.4. The first-order valence-electron chi connectivity index (χ1n) is 7.67. The number of hydrogen-bond donors (Lipinski definition) is 0. The number of hydrogen-bond acceptors (Lipinski definition) is 4. The van der Waals surface area contributed by atoms with Gasteiger partial charge < -0.3 is 14.4 Å². The molecule has 2 rings (SSSR count). The van der Waals surface area contributed by atoms with Gasteiger partial charge in [0.1, 0.15) is 5.60 Å². The van der Waals surface area contributed by atoms with Gasteiger partial charge in [-0.2, -0.15) is 0 Å². The Bertz CT molecular complexity index is 598. The Balaban J connectivity index is 2.21. The second-order valence-corrected chi connectivity index (χ2v) is 7.38. The molecule has 7 heteroatoms. The first-order valence-corrected chi connectivity index (χ1v) is 8.58. The maximum atomic E-state index is 12.3. The Morgan fingerprint density at radius 3 is 2.38 bits per heavy atom. The number of benzene rings is 1. The number of carbonyl (C=O) groups excluding carboxylic acids is 2. The number of ether oxygens (including phenoxy) is 2. The van der Waals surface area contributed by atoms with E-state index in [9.17, 15) is 9.59 Å². The zero-order valence-corrected chi connectivity index (χ0v) is 15.4. The van der Waals surface area contributed by atoms with Crippen molar-refractivity contribution in [1.29, 1.82) is 0 Å². The molecule has 1 aromatic rings. The normalized spacial score (nSPS) is 20.8. The molecule has 1 aromatic carbocycles. The van der Waals surface area contributed by atoms with Crippen LogP contribution in [0.3, 0.4) is 0 Å². The van der Waals surface area contributed by atoms with Crippen molar-refractivity contribution in [2.75, 3.05) is 19.2 Å². The van der Waals surface area contributed by atoms with Gasteiger partial charge in [-0.1, -0.05) is 35.3 Å². The van der Waals surface area contributed by atoms with Crippen molar-refractivity contribution in [2.24, 2.45) is 5.92 Å². The van der Waals surface area contributed by atoms with E-state index < -0.39 is 23.6 Å². The molecule has 0 saturated carbocycles. The van der Waals surface area contributed by atoms with Crippen LogP contribution in [-0.4, -0.2) is 41.7 Å². The molecule has 0 radical (unpaired) electrons. The highest BCUT2D eigenvalue weighted by Gasteiger charge is 2.42. The van der Waals surface area contributed by atoms with E-state index in [1.807, 2.05) is 12.1 Å². The standard InChI is InChI=1S/C17H21Cl2NO4/c1-17(2,3)24-16(22)20-8-13(11-4-6-12(19)7-5-11)14(9-20)15(21)23-10-18/h4-7,13-14H,8-10H2,1-3H3/t13-,14+/m0/s1. The van der Waals surface area contributed by atoms with Gasteiger partial charge in [0.25, 0.3) is 0 Å².